The van der Waals surface area contributed by atoms with E-state index in [1.165, 1.54) is 32.7 Å². The van der Waals surface area contributed by atoms with Gasteiger partial charge in [0, 0.05) is 44.2 Å². The number of fused-ring (bicyclic) bond motifs is 9. The number of para-hydroxylation sites is 2. The van der Waals surface area contributed by atoms with Gasteiger partial charge in [-0.05, 0) is 133 Å². The second-order valence-corrected chi connectivity index (χ2v) is 16.8. The Kier molecular flexibility index (Phi) is 8.53. The maximum atomic E-state index is 6.51. The Labute approximate surface area is 375 Å². The molecule has 0 saturated carbocycles. The van der Waals surface area contributed by atoms with Crippen LogP contribution in [0.15, 0.2) is 245 Å². The predicted molar refractivity (Wildman–Crippen MR) is 272 cm³/mol. The molecule has 304 valence electrons. The molecule has 0 amide bonds. The number of rotatable bonds is 7. The zero-order valence-electron chi connectivity index (χ0n) is 35.3. The van der Waals surface area contributed by atoms with E-state index in [-0.39, 0.29) is 0 Å². The van der Waals surface area contributed by atoms with E-state index in [0.717, 1.165) is 94.3 Å². The SMILES string of the molecule is c1ccc(-c2cccc3c2oc2ccc(-c4ccc(N(c5ccc(-c6ccc7c(c6)oc6ccccc67)cc5)c5ccc(-c6cc7ccccc7c7ccccc67)cc5)cc4)cc23)cc1. The summed E-state index contributed by atoms with van der Waals surface area (Å²) in [5.74, 6) is 0. The van der Waals surface area contributed by atoms with Gasteiger partial charge in [0.25, 0.3) is 0 Å². The van der Waals surface area contributed by atoms with Crippen LogP contribution in [0, 0.1) is 0 Å². The molecule has 3 nitrogen and oxygen atoms in total. The number of nitrogens with zero attached hydrogens (tertiary/aromatic N) is 1. The van der Waals surface area contributed by atoms with Gasteiger partial charge in [-0.1, -0.05) is 164 Å². The van der Waals surface area contributed by atoms with E-state index >= 15 is 0 Å². The first-order chi connectivity index (χ1) is 32.2. The van der Waals surface area contributed by atoms with Crippen LogP contribution >= 0.6 is 0 Å². The smallest absolute Gasteiger partial charge is 0.143 e. The summed E-state index contributed by atoms with van der Waals surface area (Å²) in [5.41, 5.74) is 16.0. The van der Waals surface area contributed by atoms with E-state index in [2.05, 4.69) is 223 Å². The van der Waals surface area contributed by atoms with E-state index in [0.29, 0.717) is 0 Å². The molecule has 0 saturated heterocycles. The van der Waals surface area contributed by atoms with Crippen molar-refractivity contribution in [3.8, 4) is 44.5 Å². The summed E-state index contributed by atoms with van der Waals surface area (Å²) >= 11 is 0. The highest BCUT2D eigenvalue weighted by molar-refractivity contribution is 6.14. The zero-order chi connectivity index (χ0) is 42.8. The topological polar surface area (TPSA) is 29.5 Å². The van der Waals surface area contributed by atoms with Crippen LogP contribution in [0.4, 0.5) is 17.1 Å². The van der Waals surface area contributed by atoms with Gasteiger partial charge in [-0.15, -0.1) is 0 Å². The summed E-state index contributed by atoms with van der Waals surface area (Å²) in [6.07, 6.45) is 0. The normalized spacial score (nSPS) is 11.7. The Hall–Kier alpha value is -8.66. The molecule has 11 aromatic carbocycles. The van der Waals surface area contributed by atoms with E-state index in [1.54, 1.807) is 0 Å². The molecule has 0 unspecified atom stereocenters. The highest BCUT2D eigenvalue weighted by Crippen LogP contribution is 2.42. The molecule has 0 bridgehead atoms. The molecule has 65 heavy (non-hydrogen) atoms. The average Bonchev–Trinajstić information content (AvgIpc) is 3.95. The molecule has 3 heteroatoms. The van der Waals surface area contributed by atoms with Gasteiger partial charge in [0.2, 0.25) is 0 Å². The molecule has 0 fully saturated rings. The summed E-state index contributed by atoms with van der Waals surface area (Å²) in [7, 11) is 0. The van der Waals surface area contributed by atoms with Crippen LogP contribution in [0.2, 0.25) is 0 Å². The third-order valence-corrected chi connectivity index (χ3v) is 13.1. The molecule has 2 heterocycles. The van der Waals surface area contributed by atoms with Crippen molar-refractivity contribution in [2.75, 3.05) is 4.90 Å². The Morgan fingerprint density at radius 1 is 0.246 bits per heavy atom. The molecule has 0 aliphatic carbocycles. The average molecular weight is 830 g/mol. The van der Waals surface area contributed by atoms with Crippen molar-refractivity contribution in [3.63, 3.8) is 0 Å². The number of hydrogen-bond donors (Lipinski definition) is 0. The molecule has 0 N–H and O–H groups in total. The first kappa shape index (κ1) is 36.9. The standard InChI is InChI=1S/C62H39NO2/c1-2-11-42(12-3-1)51-18-10-19-56-58-37-44(28-36-60(58)65-62(51)56)40-21-29-47(30-22-40)63(48-31-23-41(24-32-48)45-27-35-55-54-17-8-9-20-59(54)64-61(55)39-45)49-33-25-43(26-34-49)57-38-46-13-4-5-14-50(46)52-15-6-7-16-53(52)57/h1-39H. The monoisotopic (exact) mass is 829 g/mol. The van der Waals surface area contributed by atoms with Crippen LogP contribution < -0.4 is 4.90 Å². The van der Waals surface area contributed by atoms with Crippen molar-refractivity contribution in [1.82, 2.24) is 0 Å². The third kappa shape index (κ3) is 6.28. The van der Waals surface area contributed by atoms with Gasteiger partial charge in [0.05, 0.1) is 0 Å². The molecular formula is C62H39NO2. The third-order valence-electron chi connectivity index (χ3n) is 13.1. The van der Waals surface area contributed by atoms with Crippen LogP contribution in [-0.2, 0) is 0 Å². The van der Waals surface area contributed by atoms with Crippen molar-refractivity contribution in [2.45, 2.75) is 0 Å². The van der Waals surface area contributed by atoms with E-state index in [4.69, 9.17) is 8.83 Å². The lowest BCUT2D eigenvalue weighted by Crippen LogP contribution is -2.09. The van der Waals surface area contributed by atoms with Gasteiger partial charge < -0.3 is 13.7 Å². The summed E-state index contributed by atoms with van der Waals surface area (Å²) in [5, 5.41) is 9.53. The lowest BCUT2D eigenvalue weighted by atomic mass is 9.93. The predicted octanol–water partition coefficient (Wildman–Crippen LogP) is 17.9. The van der Waals surface area contributed by atoms with Crippen molar-refractivity contribution < 1.29 is 8.83 Å². The van der Waals surface area contributed by atoms with Gasteiger partial charge in [0.1, 0.15) is 22.3 Å². The fourth-order valence-electron chi connectivity index (χ4n) is 9.86. The summed E-state index contributed by atoms with van der Waals surface area (Å²) in [6, 6.07) is 84.7. The molecule has 0 atom stereocenters. The first-order valence-corrected chi connectivity index (χ1v) is 22.1. The molecule has 13 aromatic rings. The minimum atomic E-state index is 0.885. The van der Waals surface area contributed by atoms with E-state index in [9.17, 15) is 0 Å². The minimum Gasteiger partial charge on any atom is -0.456 e. The van der Waals surface area contributed by atoms with Gasteiger partial charge in [-0.2, -0.15) is 0 Å². The molecule has 0 aliphatic heterocycles. The van der Waals surface area contributed by atoms with Gasteiger partial charge >= 0.3 is 0 Å². The van der Waals surface area contributed by atoms with Crippen LogP contribution in [-0.4, -0.2) is 0 Å². The Morgan fingerprint density at radius 3 is 1.51 bits per heavy atom. The Morgan fingerprint density at radius 2 is 0.769 bits per heavy atom. The molecule has 0 aliphatic rings. The van der Waals surface area contributed by atoms with Crippen molar-refractivity contribution in [1.29, 1.82) is 0 Å². The maximum Gasteiger partial charge on any atom is 0.143 e. The summed E-state index contributed by atoms with van der Waals surface area (Å²) < 4.78 is 12.8. The quantitative estimate of drug-likeness (QED) is 0.150. The number of furan rings is 2. The molecule has 0 spiro atoms. The highest BCUT2D eigenvalue weighted by Gasteiger charge is 2.17. The molecule has 2 aromatic heterocycles. The number of benzene rings is 11. The lowest BCUT2D eigenvalue weighted by molar-refractivity contribution is 0.669. The summed E-state index contributed by atoms with van der Waals surface area (Å²) in [6.45, 7) is 0. The van der Waals surface area contributed by atoms with E-state index < -0.39 is 0 Å². The molecule has 13 rings (SSSR count). The first-order valence-electron chi connectivity index (χ1n) is 22.1. The van der Waals surface area contributed by atoms with Crippen LogP contribution in [0.25, 0.3) is 110 Å². The Balaban J connectivity index is 0.885. The van der Waals surface area contributed by atoms with Gasteiger partial charge in [-0.25, -0.2) is 0 Å². The minimum absolute atomic E-state index is 0.885. The maximum absolute atomic E-state index is 6.51. The Bertz CT molecular complexity index is 3920. The van der Waals surface area contributed by atoms with E-state index in [1.807, 2.05) is 18.2 Å². The van der Waals surface area contributed by atoms with Crippen LogP contribution in [0.3, 0.4) is 0 Å². The van der Waals surface area contributed by atoms with Crippen LogP contribution in [0.5, 0.6) is 0 Å². The van der Waals surface area contributed by atoms with Crippen molar-refractivity contribution >= 4 is 82.5 Å². The van der Waals surface area contributed by atoms with Gasteiger partial charge in [0.15, 0.2) is 0 Å². The second-order valence-electron chi connectivity index (χ2n) is 16.8. The number of hydrogen-bond acceptors (Lipinski definition) is 3. The molecule has 0 radical (unpaired) electrons. The zero-order valence-corrected chi connectivity index (χ0v) is 35.3. The van der Waals surface area contributed by atoms with Gasteiger partial charge in [-0.3, -0.25) is 0 Å². The lowest BCUT2D eigenvalue weighted by Gasteiger charge is -2.26. The highest BCUT2D eigenvalue weighted by atomic mass is 16.3. The van der Waals surface area contributed by atoms with Crippen LogP contribution in [0.1, 0.15) is 0 Å². The largest absolute Gasteiger partial charge is 0.456 e. The van der Waals surface area contributed by atoms with Crippen molar-refractivity contribution in [2.24, 2.45) is 0 Å². The molecular weight excluding hydrogens is 791 g/mol. The summed E-state index contributed by atoms with van der Waals surface area (Å²) in [4.78, 5) is 2.34. The number of anilines is 3. The fraction of sp³-hybridized carbons (Fsp3) is 0. The van der Waals surface area contributed by atoms with Crippen molar-refractivity contribution in [3.05, 3.63) is 237 Å². The fourth-order valence-corrected chi connectivity index (χ4v) is 9.86. The second kappa shape index (κ2) is 15.0.